The SMILES string of the molecule is OCC#Cc1cc(F)cc(COc2cccc(CO)c2)c1. The summed E-state index contributed by atoms with van der Waals surface area (Å²) in [6.45, 7) is -0.130. The Morgan fingerprint density at radius 1 is 1.05 bits per heavy atom. The van der Waals surface area contributed by atoms with Gasteiger partial charge in [0.05, 0.1) is 6.61 Å². The predicted molar refractivity (Wildman–Crippen MR) is 77.1 cm³/mol. The fourth-order valence-corrected chi connectivity index (χ4v) is 1.85. The smallest absolute Gasteiger partial charge is 0.124 e. The number of benzene rings is 2. The van der Waals surface area contributed by atoms with Crippen LogP contribution in [0, 0.1) is 17.7 Å². The summed E-state index contributed by atoms with van der Waals surface area (Å²) in [5.74, 6) is 5.35. The van der Waals surface area contributed by atoms with Crippen LogP contribution in [0.25, 0.3) is 0 Å². The summed E-state index contributed by atoms with van der Waals surface area (Å²) in [6, 6.07) is 11.5. The third kappa shape index (κ3) is 4.60. The lowest BCUT2D eigenvalue weighted by molar-refractivity contribution is 0.278. The summed E-state index contributed by atoms with van der Waals surface area (Å²) >= 11 is 0. The van der Waals surface area contributed by atoms with Gasteiger partial charge in [-0.25, -0.2) is 4.39 Å². The van der Waals surface area contributed by atoms with Gasteiger partial charge in [-0.15, -0.1) is 0 Å². The van der Waals surface area contributed by atoms with Crippen LogP contribution in [0.3, 0.4) is 0 Å². The van der Waals surface area contributed by atoms with Gasteiger partial charge >= 0.3 is 0 Å². The Morgan fingerprint density at radius 3 is 2.67 bits per heavy atom. The zero-order chi connectivity index (χ0) is 15.1. The van der Waals surface area contributed by atoms with Gasteiger partial charge in [-0.2, -0.15) is 0 Å². The molecule has 2 rings (SSSR count). The number of ether oxygens (including phenoxy) is 1. The van der Waals surface area contributed by atoms with Crippen molar-refractivity contribution in [3.8, 4) is 17.6 Å². The molecule has 2 aromatic rings. The van der Waals surface area contributed by atoms with Crippen molar-refractivity contribution in [3.05, 3.63) is 65.0 Å². The maximum atomic E-state index is 13.5. The summed E-state index contributed by atoms with van der Waals surface area (Å²) in [6.07, 6.45) is 0. The predicted octanol–water partition coefficient (Wildman–Crippen LogP) is 2.24. The molecule has 0 aliphatic heterocycles. The Morgan fingerprint density at radius 2 is 1.90 bits per heavy atom. The molecule has 0 heterocycles. The molecule has 21 heavy (non-hydrogen) atoms. The lowest BCUT2D eigenvalue weighted by Crippen LogP contribution is -1.98. The Hall–Kier alpha value is -2.35. The van der Waals surface area contributed by atoms with Crippen molar-refractivity contribution in [2.24, 2.45) is 0 Å². The highest BCUT2D eigenvalue weighted by Gasteiger charge is 2.02. The summed E-state index contributed by atoms with van der Waals surface area (Å²) in [7, 11) is 0. The normalized spacial score (nSPS) is 9.86. The van der Waals surface area contributed by atoms with Gasteiger partial charge in [-0.1, -0.05) is 24.0 Å². The van der Waals surface area contributed by atoms with Crippen LogP contribution in [-0.2, 0) is 13.2 Å². The molecule has 3 nitrogen and oxygen atoms in total. The Labute approximate surface area is 122 Å². The van der Waals surface area contributed by atoms with E-state index in [9.17, 15) is 4.39 Å². The minimum atomic E-state index is -0.401. The van der Waals surface area contributed by atoms with Gasteiger partial charge in [0, 0.05) is 5.56 Å². The first-order chi connectivity index (χ1) is 10.2. The minimum Gasteiger partial charge on any atom is -0.489 e. The molecule has 0 aromatic heterocycles. The van der Waals surface area contributed by atoms with Crippen LogP contribution < -0.4 is 4.74 Å². The largest absolute Gasteiger partial charge is 0.489 e. The molecular formula is C17H15FO3. The number of rotatable bonds is 4. The molecular weight excluding hydrogens is 271 g/mol. The van der Waals surface area contributed by atoms with E-state index in [0.717, 1.165) is 5.56 Å². The van der Waals surface area contributed by atoms with Crippen molar-refractivity contribution >= 4 is 0 Å². The molecule has 0 aliphatic rings. The molecule has 0 spiro atoms. The number of aliphatic hydroxyl groups excluding tert-OH is 2. The van der Waals surface area contributed by atoms with Crippen molar-refractivity contribution in [2.45, 2.75) is 13.2 Å². The van der Waals surface area contributed by atoms with E-state index >= 15 is 0 Å². The Kier molecular flexibility index (Phi) is 5.33. The second-order valence-corrected chi connectivity index (χ2v) is 4.40. The second-order valence-electron chi connectivity index (χ2n) is 4.40. The average molecular weight is 286 g/mol. The molecule has 0 radical (unpaired) electrons. The van der Waals surface area contributed by atoms with Crippen LogP contribution in [-0.4, -0.2) is 16.8 Å². The summed E-state index contributed by atoms with van der Waals surface area (Å²) in [5.41, 5.74) is 1.89. The molecule has 4 heteroatoms. The number of aliphatic hydroxyl groups is 2. The van der Waals surface area contributed by atoms with Crippen molar-refractivity contribution in [1.29, 1.82) is 0 Å². The summed E-state index contributed by atoms with van der Waals surface area (Å²) in [5, 5.41) is 17.7. The molecule has 0 unspecified atom stereocenters. The van der Waals surface area contributed by atoms with Crippen LogP contribution in [0.1, 0.15) is 16.7 Å². The fourth-order valence-electron chi connectivity index (χ4n) is 1.85. The lowest BCUT2D eigenvalue weighted by Gasteiger charge is -2.08. The number of hydrogen-bond donors (Lipinski definition) is 2. The van der Waals surface area contributed by atoms with E-state index in [1.165, 1.54) is 12.1 Å². The third-order valence-corrected chi connectivity index (χ3v) is 2.76. The van der Waals surface area contributed by atoms with E-state index in [4.69, 9.17) is 14.9 Å². The highest BCUT2D eigenvalue weighted by atomic mass is 19.1. The first kappa shape index (κ1) is 15.0. The molecule has 0 saturated carbocycles. The minimum absolute atomic E-state index is 0.0575. The van der Waals surface area contributed by atoms with Crippen molar-refractivity contribution in [2.75, 3.05) is 6.61 Å². The van der Waals surface area contributed by atoms with Crippen LogP contribution in [0.2, 0.25) is 0 Å². The third-order valence-electron chi connectivity index (χ3n) is 2.76. The van der Waals surface area contributed by atoms with Gasteiger partial charge in [-0.05, 0) is 41.5 Å². The maximum Gasteiger partial charge on any atom is 0.124 e. The van der Waals surface area contributed by atoms with Gasteiger partial charge in [-0.3, -0.25) is 0 Å². The first-order valence-corrected chi connectivity index (χ1v) is 6.43. The topological polar surface area (TPSA) is 49.7 Å². The van der Waals surface area contributed by atoms with Crippen LogP contribution in [0.15, 0.2) is 42.5 Å². The molecule has 0 aliphatic carbocycles. The standard InChI is InChI=1S/C17H15FO3/c18-16-8-13(4-2-6-19)7-15(9-16)12-21-17-5-1-3-14(10-17)11-20/h1,3,5,7-10,19-20H,6,11-12H2. The van der Waals surface area contributed by atoms with Crippen molar-refractivity contribution in [3.63, 3.8) is 0 Å². The van der Waals surface area contributed by atoms with Gasteiger partial charge in [0.2, 0.25) is 0 Å². The summed E-state index contributed by atoms with van der Waals surface area (Å²) < 4.78 is 19.1. The molecule has 0 fully saturated rings. The van der Waals surface area contributed by atoms with Crippen LogP contribution in [0.4, 0.5) is 4.39 Å². The number of halogens is 1. The second kappa shape index (κ2) is 7.44. The molecule has 108 valence electrons. The average Bonchev–Trinajstić information content (AvgIpc) is 2.50. The molecule has 2 N–H and O–H groups in total. The Balaban J connectivity index is 2.10. The van der Waals surface area contributed by atoms with Crippen molar-refractivity contribution < 1.29 is 19.3 Å². The Bertz CT molecular complexity index is 671. The molecule has 0 amide bonds. The van der Waals surface area contributed by atoms with E-state index in [-0.39, 0.29) is 19.8 Å². The highest BCUT2D eigenvalue weighted by Crippen LogP contribution is 2.16. The van der Waals surface area contributed by atoms with Gasteiger partial charge in [0.15, 0.2) is 0 Å². The zero-order valence-electron chi connectivity index (χ0n) is 11.3. The molecule has 0 atom stereocenters. The zero-order valence-corrected chi connectivity index (χ0v) is 11.3. The first-order valence-electron chi connectivity index (χ1n) is 6.43. The molecule has 0 saturated heterocycles. The van der Waals surface area contributed by atoms with Crippen molar-refractivity contribution in [1.82, 2.24) is 0 Å². The van der Waals surface area contributed by atoms with E-state index in [1.807, 2.05) is 0 Å². The molecule has 2 aromatic carbocycles. The number of hydrogen-bond acceptors (Lipinski definition) is 3. The van der Waals surface area contributed by atoms with E-state index in [0.29, 0.717) is 16.9 Å². The van der Waals surface area contributed by atoms with E-state index < -0.39 is 5.82 Å². The van der Waals surface area contributed by atoms with Gasteiger partial charge in [0.1, 0.15) is 24.8 Å². The monoisotopic (exact) mass is 286 g/mol. The maximum absolute atomic E-state index is 13.5. The van der Waals surface area contributed by atoms with Crippen LogP contribution in [0.5, 0.6) is 5.75 Å². The van der Waals surface area contributed by atoms with Crippen LogP contribution >= 0.6 is 0 Å². The molecule has 0 bridgehead atoms. The van der Waals surface area contributed by atoms with Gasteiger partial charge in [0.25, 0.3) is 0 Å². The fraction of sp³-hybridized carbons (Fsp3) is 0.176. The summed E-state index contributed by atoms with van der Waals surface area (Å²) in [4.78, 5) is 0. The van der Waals surface area contributed by atoms with Gasteiger partial charge < -0.3 is 14.9 Å². The van der Waals surface area contributed by atoms with E-state index in [2.05, 4.69) is 11.8 Å². The van der Waals surface area contributed by atoms with E-state index in [1.54, 1.807) is 30.3 Å². The quantitative estimate of drug-likeness (QED) is 0.848. The lowest BCUT2D eigenvalue weighted by atomic mass is 10.1. The highest BCUT2D eigenvalue weighted by molar-refractivity contribution is 5.38.